The van der Waals surface area contributed by atoms with Crippen molar-refractivity contribution in [1.82, 2.24) is 0 Å². The zero-order valence-corrected chi connectivity index (χ0v) is 10.6. The van der Waals surface area contributed by atoms with E-state index >= 15 is 0 Å². The van der Waals surface area contributed by atoms with Gasteiger partial charge in [0, 0.05) is 0 Å². The maximum atomic E-state index is 2.47. The van der Waals surface area contributed by atoms with Gasteiger partial charge in [-0.3, -0.25) is 0 Å². The maximum Gasteiger partial charge on any atom is 0.0747 e. The van der Waals surface area contributed by atoms with Crippen LogP contribution in [-0.4, -0.2) is 8.07 Å². The fourth-order valence-corrected chi connectivity index (χ4v) is 3.22. The Morgan fingerprint density at radius 3 is 1.92 bits per heavy atom. The first-order valence-corrected chi connectivity index (χ1v) is 8.33. The zero-order valence-electron chi connectivity index (χ0n) is 9.62. The van der Waals surface area contributed by atoms with E-state index in [2.05, 4.69) is 40.8 Å². The Morgan fingerprint density at radius 2 is 1.58 bits per heavy atom. The summed E-state index contributed by atoms with van der Waals surface area (Å²) in [6.45, 7) is 14.2. The van der Waals surface area contributed by atoms with E-state index in [0.29, 0.717) is 0 Å². The number of rotatable bonds is 4. The van der Waals surface area contributed by atoms with Crippen molar-refractivity contribution in [2.24, 2.45) is 0 Å². The second-order valence-electron chi connectivity index (χ2n) is 4.39. The van der Waals surface area contributed by atoms with Gasteiger partial charge in [0.05, 0.1) is 8.07 Å². The predicted molar refractivity (Wildman–Crippen MR) is 61.2 cm³/mol. The molecule has 0 nitrogen and oxygen atoms in total. The monoisotopic (exact) mass is 184 g/mol. The molecule has 0 spiro atoms. The fourth-order valence-electron chi connectivity index (χ4n) is 1.41. The Balaban J connectivity index is 4.52. The van der Waals surface area contributed by atoms with E-state index < -0.39 is 8.07 Å². The Kier molecular flexibility index (Phi) is 4.84. The van der Waals surface area contributed by atoms with E-state index in [1.807, 2.05) is 0 Å². The smallest absolute Gasteiger partial charge is 0.0747 e. The van der Waals surface area contributed by atoms with Gasteiger partial charge in [-0.25, -0.2) is 0 Å². The van der Waals surface area contributed by atoms with Crippen LogP contribution in [-0.2, 0) is 0 Å². The van der Waals surface area contributed by atoms with Crippen LogP contribution in [0.15, 0.2) is 10.8 Å². The average Bonchev–Trinajstić information content (AvgIpc) is 2.03. The van der Waals surface area contributed by atoms with E-state index in [-0.39, 0.29) is 0 Å². The number of allylic oxidation sites excluding steroid dienone is 2. The number of hydrogen-bond acceptors (Lipinski definition) is 0. The molecule has 0 fully saturated rings. The molecule has 0 aliphatic heterocycles. The minimum absolute atomic E-state index is 1.00. The summed E-state index contributed by atoms with van der Waals surface area (Å²) in [5.41, 5.74) is 1.65. The Hall–Kier alpha value is -0.0431. The summed E-state index contributed by atoms with van der Waals surface area (Å²) in [7, 11) is -1.00. The SMILES string of the molecule is CCC/C(C)=C(/C)[Si](C)(C)CC. The van der Waals surface area contributed by atoms with Crippen LogP contribution < -0.4 is 0 Å². The minimum atomic E-state index is -1.00. The summed E-state index contributed by atoms with van der Waals surface area (Å²) >= 11 is 0. The molecule has 0 N–H and O–H groups in total. The average molecular weight is 184 g/mol. The van der Waals surface area contributed by atoms with Crippen molar-refractivity contribution in [2.75, 3.05) is 0 Å². The number of hydrogen-bond donors (Lipinski definition) is 0. The van der Waals surface area contributed by atoms with Crippen LogP contribution in [0.1, 0.15) is 40.5 Å². The van der Waals surface area contributed by atoms with Gasteiger partial charge in [-0.15, -0.1) is 0 Å². The maximum absolute atomic E-state index is 2.47. The summed E-state index contributed by atoms with van der Waals surface area (Å²) in [6.07, 6.45) is 2.58. The third-order valence-electron chi connectivity index (χ3n) is 3.16. The van der Waals surface area contributed by atoms with Crippen LogP contribution >= 0.6 is 0 Å². The molecule has 12 heavy (non-hydrogen) atoms. The van der Waals surface area contributed by atoms with Crippen molar-refractivity contribution in [1.29, 1.82) is 0 Å². The third-order valence-corrected chi connectivity index (χ3v) is 7.39. The van der Waals surface area contributed by atoms with Gasteiger partial charge in [-0.1, -0.05) is 50.2 Å². The Labute approximate surface area is 79.1 Å². The molecular formula is C11H24Si. The first-order valence-electron chi connectivity index (χ1n) is 5.12. The lowest BCUT2D eigenvalue weighted by Gasteiger charge is -2.24. The Bertz CT molecular complexity index is 166. The lowest BCUT2D eigenvalue weighted by Crippen LogP contribution is -2.27. The highest BCUT2D eigenvalue weighted by atomic mass is 28.3. The molecular weight excluding hydrogens is 160 g/mol. The molecule has 0 saturated carbocycles. The highest BCUT2D eigenvalue weighted by Gasteiger charge is 2.21. The fraction of sp³-hybridized carbons (Fsp3) is 0.818. The molecule has 0 amide bonds. The molecule has 0 rings (SSSR count). The van der Waals surface area contributed by atoms with Crippen molar-refractivity contribution < 1.29 is 0 Å². The first-order chi connectivity index (χ1) is 5.45. The van der Waals surface area contributed by atoms with Crippen LogP contribution in [0.4, 0.5) is 0 Å². The molecule has 0 radical (unpaired) electrons. The van der Waals surface area contributed by atoms with Crippen LogP contribution in [0, 0.1) is 0 Å². The molecule has 0 bridgehead atoms. The largest absolute Gasteiger partial charge is 0.0849 e. The van der Waals surface area contributed by atoms with Gasteiger partial charge in [0.1, 0.15) is 0 Å². The van der Waals surface area contributed by atoms with Gasteiger partial charge >= 0.3 is 0 Å². The van der Waals surface area contributed by atoms with Crippen molar-refractivity contribution in [3.8, 4) is 0 Å². The molecule has 0 aliphatic carbocycles. The Morgan fingerprint density at radius 1 is 1.08 bits per heavy atom. The van der Waals surface area contributed by atoms with Crippen molar-refractivity contribution in [3.05, 3.63) is 10.8 Å². The van der Waals surface area contributed by atoms with E-state index in [1.54, 1.807) is 10.8 Å². The first kappa shape index (κ1) is 12.0. The van der Waals surface area contributed by atoms with Gasteiger partial charge in [0.2, 0.25) is 0 Å². The highest BCUT2D eigenvalue weighted by Crippen LogP contribution is 2.23. The van der Waals surface area contributed by atoms with Gasteiger partial charge < -0.3 is 0 Å². The summed E-state index contributed by atoms with van der Waals surface area (Å²) in [6, 6.07) is 1.37. The van der Waals surface area contributed by atoms with Crippen LogP contribution in [0.5, 0.6) is 0 Å². The summed E-state index contributed by atoms with van der Waals surface area (Å²) < 4.78 is 0. The third kappa shape index (κ3) is 3.14. The molecule has 0 atom stereocenters. The van der Waals surface area contributed by atoms with Gasteiger partial charge in [-0.05, 0) is 20.3 Å². The topological polar surface area (TPSA) is 0 Å². The van der Waals surface area contributed by atoms with Crippen LogP contribution in [0.25, 0.3) is 0 Å². The van der Waals surface area contributed by atoms with Crippen molar-refractivity contribution in [3.63, 3.8) is 0 Å². The van der Waals surface area contributed by atoms with Crippen LogP contribution in [0.3, 0.4) is 0 Å². The molecule has 0 aromatic heterocycles. The zero-order chi connectivity index (χ0) is 9.78. The quantitative estimate of drug-likeness (QED) is 0.568. The van der Waals surface area contributed by atoms with E-state index in [4.69, 9.17) is 0 Å². The summed E-state index contributed by atoms with van der Waals surface area (Å²) in [4.78, 5) is 0. The standard InChI is InChI=1S/C11H24Si/c1-7-9-10(3)11(4)12(5,6)8-2/h7-9H2,1-6H3/b11-10-. The summed E-state index contributed by atoms with van der Waals surface area (Å²) in [5, 5.41) is 1.73. The van der Waals surface area contributed by atoms with E-state index in [0.717, 1.165) is 0 Å². The molecule has 0 aromatic carbocycles. The lowest BCUT2D eigenvalue weighted by atomic mass is 10.2. The van der Waals surface area contributed by atoms with Crippen molar-refractivity contribution in [2.45, 2.75) is 59.7 Å². The molecule has 72 valence electrons. The molecule has 0 heterocycles. The van der Waals surface area contributed by atoms with Gasteiger partial charge in [0.25, 0.3) is 0 Å². The van der Waals surface area contributed by atoms with Gasteiger partial charge in [0.15, 0.2) is 0 Å². The second-order valence-corrected chi connectivity index (χ2v) is 9.62. The van der Waals surface area contributed by atoms with E-state index in [9.17, 15) is 0 Å². The molecule has 1 heteroatoms. The summed E-state index contributed by atoms with van der Waals surface area (Å²) in [5.74, 6) is 0. The van der Waals surface area contributed by atoms with E-state index in [1.165, 1.54) is 18.9 Å². The highest BCUT2D eigenvalue weighted by molar-refractivity contribution is 6.84. The molecule has 0 aliphatic rings. The second kappa shape index (κ2) is 4.86. The van der Waals surface area contributed by atoms with Crippen LogP contribution in [0.2, 0.25) is 19.1 Å². The minimum Gasteiger partial charge on any atom is -0.0849 e. The predicted octanol–water partition coefficient (Wildman–Crippen LogP) is 4.39. The molecule has 0 saturated heterocycles. The molecule has 0 aromatic rings. The van der Waals surface area contributed by atoms with Gasteiger partial charge in [-0.2, -0.15) is 0 Å². The lowest BCUT2D eigenvalue weighted by molar-refractivity contribution is 0.897. The van der Waals surface area contributed by atoms with Crippen molar-refractivity contribution >= 4 is 8.07 Å². The normalized spacial score (nSPS) is 14.5. The molecule has 0 unspecified atom stereocenters.